The molecule has 0 atom stereocenters. The Morgan fingerprint density at radius 1 is 1.30 bits per heavy atom. The molecule has 0 spiro atoms. The molecule has 140 valence electrons. The number of carbonyl (C=O) groups excluding carboxylic acids is 1. The molecule has 0 saturated heterocycles. The van der Waals surface area contributed by atoms with Gasteiger partial charge >= 0.3 is 0 Å². The minimum atomic E-state index is -0.445. The minimum absolute atomic E-state index is 0.00899. The summed E-state index contributed by atoms with van der Waals surface area (Å²) in [5, 5.41) is 25.1. The van der Waals surface area contributed by atoms with Gasteiger partial charge in [0.1, 0.15) is 0 Å². The fourth-order valence-electron chi connectivity index (χ4n) is 2.80. The van der Waals surface area contributed by atoms with E-state index < -0.39 is 11.6 Å². The zero-order valence-corrected chi connectivity index (χ0v) is 15.5. The van der Waals surface area contributed by atoms with Gasteiger partial charge in [-0.15, -0.1) is 12.3 Å². The molecule has 1 aliphatic heterocycles. The van der Waals surface area contributed by atoms with E-state index in [-0.39, 0.29) is 11.4 Å². The number of aromatic nitrogens is 2. The molecule has 2 N–H and O–H groups in total. The Labute approximate surface area is 158 Å². The number of rotatable bonds is 8. The largest absolute Gasteiger partial charge is 0.504 e. The van der Waals surface area contributed by atoms with E-state index in [0.29, 0.717) is 31.7 Å². The predicted octanol–water partition coefficient (Wildman–Crippen LogP) is 3.40. The van der Waals surface area contributed by atoms with Crippen LogP contribution >= 0.6 is 0 Å². The Kier molecular flexibility index (Phi) is 5.26. The summed E-state index contributed by atoms with van der Waals surface area (Å²) in [4.78, 5) is 12.3. The molecule has 1 aromatic carbocycles. The molecule has 0 fully saturated rings. The Morgan fingerprint density at radius 3 is 2.59 bits per heavy atom. The van der Waals surface area contributed by atoms with Gasteiger partial charge in [0.15, 0.2) is 17.1 Å². The van der Waals surface area contributed by atoms with Crippen LogP contribution in [0.3, 0.4) is 0 Å². The topological polar surface area (TPSA) is 91.9 Å². The van der Waals surface area contributed by atoms with Crippen LogP contribution in [0, 0.1) is 12.3 Å². The van der Waals surface area contributed by atoms with Gasteiger partial charge in [0.05, 0.1) is 11.9 Å². The number of nitrogens with zero attached hydrogens (tertiary/aromatic N) is 4. The molecule has 0 saturated carbocycles. The maximum atomic E-state index is 12.3. The van der Waals surface area contributed by atoms with Crippen molar-refractivity contribution in [3.05, 3.63) is 41.7 Å². The number of hydrogen-bond donors (Lipinski definition) is 2. The number of carbonyl (C=O) groups is 1. The number of benzene rings is 1. The van der Waals surface area contributed by atoms with Crippen LogP contribution in [0.25, 0.3) is 5.69 Å². The summed E-state index contributed by atoms with van der Waals surface area (Å²) in [5.41, 5.74) is 1.53. The van der Waals surface area contributed by atoms with Gasteiger partial charge in [0, 0.05) is 25.8 Å². The third-order valence-electron chi connectivity index (χ3n) is 4.60. The minimum Gasteiger partial charge on any atom is -0.504 e. The highest BCUT2D eigenvalue weighted by atomic mass is 16.3. The molecule has 7 heteroatoms. The van der Waals surface area contributed by atoms with Gasteiger partial charge in [0.25, 0.3) is 5.91 Å². The van der Waals surface area contributed by atoms with Crippen molar-refractivity contribution in [2.24, 2.45) is 10.2 Å². The first kappa shape index (κ1) is 18.6. The van der Waals surface area contributed by atoms with E-state index >= 15 is 0 Å². The van der Waals surface area contributed by atoms with Crippen molar-refractivity contribution in [2.45, 2.75) is 44.7 Å². The van der Waals surface area contributed by atoms with Crippen LogP contribution in [0.4, 0.5) is 0 Å². The van der Waals surface area contributed by atoms with Gasteiger partial charge in [-0.25, -0.2) is 4.68 Å². The zero-order chi connectivity index (χ0) is 19.4. The lowest BCUT2D eigenvalue weighted by atomic mass is 10.0. The molecule has 1 aliphatic rings. The molecular formula is C20H23N5O2. The molecular weight excluding hydrogens is 342 g/mol. The predicted molar refractivity (Wildman–Crippen MR) is 102 cm³/mol. The first-order valence-corrected chi connectivity index (χ1v) is 8.99. The number of hydrogen-bond acceptors (Lipinski definition) is 5. The molecule has 3 rings (SSSR count). The summed E-state index contributed by atoms with van der Waals surface area (Å²) in [6.07, 6.45) is 8.56. The molecule has 2 aromatic rings. The Balaban J connectivity index is 1.60. The lowest BCUT2D eigenvalue weighted by Crippen LogP contribution is -2.28. The highest BCUT2D eigenvalue weighted by molar-refractivity contribution is 5.94. The Bertz CT molecular complexity index is 884. The summed E-state index contributed by atoms with van der Waals surface area (Å²) in [6.45, 7) is 4.62. The van der Waals surface area contributed by atoms with Crippen LogP contribution in [-0.2, 0) is 0 Å². The van der Waals surface area contributed by atoms with Crippen LogP contribution in [0.1, 0.15) is 55.1 Å². The maximum Gasteiger partial charge on any atom is 0.275 e. The van der Waals surface area contributed by atoms with E-state index in [1.807, 2.05) is 24.3 Å². The van der Waals surface area contributed by atoms with E-state index in [9.17, 15) is 9.90 Å². The van der Waals surface area contributed by atoms with E-state index in [0.717, 1.165) is 5.69 Å². The van der Waals surface area contributed by atoms with Crippen LogP contribution in [-0.4, -0.2) is 33.0 Å². The third-order valence-corrected chi connectivity index (χ3v) is 4.60. The van der Waals surface area contributed by atoms with Gasteiger partial charge in [-0.2, -0.15) is 15.3 Å². The summed E-state index contributed by atoms with van der Waals surface area (Å²) in [5.74, 6) is 2.41. The fourth-order valence-corrected chi connectivity index (χ4v) is 2.80. The maximum absolute atomic E-state index is 12.3. The van der Waals surface area contributed by atoms with Crippen LogP contribution in [0.2, 0.25) is 0 Å². The van der Waals surface area contributed by atoms with Crippen molar-refractivity contribution in [1.82, 2.24) is 15.1 Å². The first-order valence-electron chi connectivity index (χ1n) is 8.99. The number of terminal acetylenes is 1. The summed E-state index contributed by atoms with van der Waals surface area (Å²) in [7, 11) is 0. The van der Waals surface area contributed by atoms with E-state index in [4.69, 9.17) is 6.42 Å². The second-order valence-electron chi connectivity index (χ2n) is 6.95. The van der Waals surface area contributed by atoms with Crippen molar-refractivity contribution in [2.75, 3.05) is 6.54 Å². The number of nitrogens with one attached hydrogen (secondary N) is 1. The smallest absolute Gasteiger partial charge is 0.275 e. The average Bonchev–Trinajstić information content (AvgIpc) is 3.32. The van der Waals surface area contributed by atoms with Gasteiger partial charge < -0.3 is 10.4 Å². The second-order valence-corrected chi connectivity index (χ2v) is 6.95. The molecule has 0 radical (unpaired) electrons. The van der Waals surface area contributed by atoms with Crippen molar-refractivity contribution < 1.29 is 9.90 Å². The van der Waals surface area contributed by atoms with E-state index in [1.54, 1.807) is 0 Å². The summed E-state index contributed by atoms with van der Waals surface area (Å²) < 4.78 is 1.49. The van der Waals surface area contributed by atoms with Crippen molar-refractivity contribution in [1.29, 1.82) is 0 Å². The Hall–Kier alpha value is -3.14. The summed E-state index contributed by atoms with van der Waals surface area (Å²) in [6, 6.07) is 7.84. The standard InChI is InChI=1S/C20H23N5O2/c1-4-5-10-20(23-24-20)11-12-21-19(27)18-17(26)13-25(22-18)16-8-6-15(7-9-16)14(2)3/h1,6-9,13-14,26H,5,10-12H2,2-3H3,(H,21,27). The molecule has 7 nitrogen and oxygen atoms in total. The molecule has 0 aliphatic carbocycles. The lowest BCUT2D eigenvalue weighted by Gasteiger charge is -2.09. The average molecular weight is 365 g/mol. The van der Waals surface area contributed by atoms with Crippen LogP contribution in [0.15, 0.2) is 40.7 Å². The third kappa shape index (κ3) is 4.34. The van der Waals surface area contributed by atoms with E-state index in [2.05, 4.69) is 40.4 Å². The van der Waals surface area contributed by atoms with Crippen molar-refractivity contribution in [3.8, 4) is 23.8 Å². The number of aromatic hydroxyl groups is 1. The van der Waals surface area contributed by atoms with Crippen LogP contribution in [0.5, 0.6) is 5.75 Å². The molecule has 1 amide bonds. The summed E-state index contributed by atoms with van der Waals surface area (Å²) >= 11 is 0. The normalized spacial score (nSPS) is 14.1. The molecule has 2 heterocycles. The van der Waals surface area contributed by atoms with Gasteiger partial charge in [-0.3, -0.25) is 4.79 Å². The lowest BCUT2D eigenvalue weighted by molar-refractivity contribution is 0.0944. The quantitative estimate of drug-likeness (QED) is 0.702. The van der Waals surface area contributed by atoms with E-state index in [1.165, 1.54) is 16.4 Å². The SMILES string of the molecule is C#CCCC1(CCNC(=O)c2nn(-c3ccc(C(C)C)cc3)cc2O)N=N1. The second kappa shape index (κ2) is 7.62. The van der Waals surface area contributed by atoms with Gasteiger partial charge in [-0.1, -0.05) is 26.0 Å². The van der Waals surface area contributed by atoms with Crippen LogP contribution < -0.4 is 5.32 Å². The molecule has 1 aromatic heterocycles. The fraction of sp³-hybridized carbons (Fsp3) is 0.400. The molecule has 0 bridgehead atoms. The highest BCUT2D eigenvalue weighted by Gasteiger charge is 2.38. The van der Waals surface area contributed by atoms with Crippen molar-refractivity contribution >= 4 is 5.91 Å². The Morgan fingerprint density at radius 2 is 2.00 bits per heavy atom. The first-order chi connectivity index (χ1) is 12.9. The molecule has 0 unspecified atom stereocenters. The number of amides is 1. The van der Waals surface area contributed by atoms with Gasteiger partial charge in [-0.05, 0) is 23.6 Å². The van der Waals surface area contributed by atoms with Gasteiger partial charge in [0.2, 0.25) is 0 Å². The molecule has 27 heavy (non-hydrogen) atoms. The zero-order valence-electron chi connectivity index (χ0n) is 15.5. The van der Waals surface area contributed by atoms with Crippen molar-refractivity contribution in [3.63, 3.8) is 0 Å². The monoisotopic (exact) mass is 365 g/mol. The highest BCUT2D eigenvalue weighted by Crippen LogP contribution is 2.36.